The highest BCUT2D eigenvalue weighted by molar-refractivity contribution is 7.11. The van der Waals surface area contributed by atoms with Crippen LogP contribution < -0.4 is 5.32 Å². The minimum absolute atomic E-state index is 0.129. The number of hydrogen-bond acceptors (Lipinski definition) is 4. The third-order valence-corrected chi connectivity index (χ3v) is 3.61. The number of aryl methyl sites for hydroxylation is 1. The normalized spacial score (nSPS) is 11.3. The molecule has 0 aliphatic carbocycles. The molecule has 98 valence electrons. The Morgan fingerprint density at radius 2 is 1.76 bits per heavy atom. The van der Waals surface area contributed by atoms with E-state index in [1.54, 1.807) is 0 Å². The van der Waals surface area contributed by atoms with Gasteiger partial charge in [-0.1, -0.05) is 6.92 Å². The Hall–Kier alpha value is -0.420. The van der Waals surface area contributed by atoms with Gasteiger partial charge in [0, 0.05) is 36.1 Å². The summed E-state index contributed by atoms with van der Waals surface area (Å²) in [4.78, 5) is 2.81. The number of rotatable bonds is 9. The molecule has 0 saturated carbocycles. The van der Waals surface area contributed by atoms with Gasteiger partial charge in [-0.2, -0.15) is 0 Å². The van der Waals surface area contributed by atoms with Crippen molar-refractivity contribution >= 4 is 11.3 Å². The maximum Gasteiger partial charge on any atom is 0.169 e. The molecule has 1 aromatic heterocycles. The summed E-state index contributed by atoms with van der Waals surface area (Å²) in [5, 5.41) is 3.37. The molecule has 0 aliphatic rings. The Morgan fingerprint density at radius 1 is 1.12 bits per heavy atom. The highest BCUT2D eigenvalue weighted by Crippen LogP contribution is 2.16. The summed E-state index contributed by atoms with van der Waals surface area (Å²) >= 11 is 1.87. The zero-order valence-electron chi connectivity index (χ0n) is 11.0. The molecule has 0 aliphatic heterocycles. The minimum Gasteiger partial charge on any atom is -0.352 e. The molecular weight excluding hydrogens is 234 g/mol. The molecule has 0 bridgehead atoms. The summed E-state index contributed by atoms with van der Waals surface area (Å²) in [7, 11) is 0. The Morgan fingerprint density at radius 3 is 2.29 bits per heavy atom. The van der Waals surface area contributed by atoms with Crippen LogP contribution in [0.2, 0.25) is 0 Å². The van der Waals surface area contributed by atoms with Crippen LogP contribution in [0.25, 0.3) is 0 Å². The van der Waals surface area contributed by atoms with Crippen molar-refractivity contribution in [3.05, 3.63) is 21.9 Å². The second kappa shape index (κ2) is 8.64. The molecule has 0 atom stereocenters. The quantitative estimate of drug-likeness (QED) is 0.690. The Bertz CT molecular complexity index is 295. The van der Waals surface area contributed by atoms with Gasteiger partial charge in [-0.15, -0.1) is 11.3 Å². The van der Waals surface area contributed by atoms with E-state index in [0.29, 0.717) is 13.2 Å². The van der Waals surface area contributed by atoms with E-state index in [1.807, 2.05) is 25.2 Å². The molecule has 17 heavy (non-hydrogen) atoms. The monoisotopic (exact) mass is 257 g/mol. The SMILES string of the molecule is CCOC(CNCc1ccc(CC)s1)OCC. The van der Waals surface area contributed by atoms with Crippen molar-refractivity contribution in [2.24, 2.45) is 0 Å². The van der Waals surface area contributed by atoms with Gasteiger partial charge in [0.05, 0.1) is 0 Å². The van der Waals surface area contributed by atoms with Crippen molar-refractivity contribution in [3.8, 4) is 0 Å². The van der Waals surface area contributed by atoms with Gasteiger partial charge in [0.1, 0.15) is 0 Å². The van der Waals surface area contributed by atoms with Gasteiger partial charge in [0.15, 0.2) is 6.29 Å². The molecule has 0 saturated heterocycles. The summed E-state index contributed by atoms with van der Waals surface area (Å²) in [5.74, 6) is 0. The maximum absolute atomic E-state index is 5.47. The van der Waals surface area contributed by atoms with Crippen LogP contribution in [0.3, 0.4) is 0 Å². The second-order valence-corrected chi connectivity index (χ2v) is 4.95. The van der Waals surface area contributed by atoms with E-state index in [0.717, 1.165) is 19.5 Å². The van der Waals surface area contributed by atoms with Crippen molar-refractivity contribution in [1.82, 2.24) is 5.32 Å². The van der Waals surface area contributed by atoms with Gasteiger partial charge in [-0.3, -0.25) is 0 Å². The first-order valence-corrected chi connectivity index (χ1v) is 7.13. The Balaban J connectivity index is 2.24. The van der Waals surface area contributed by atoms with Crippen LogP contribution in [0.1, 0.15) is 30.5 Å². The van der Waals surface area contributed by atoms with Crippen LogP contribution in [0.5, 0.6) is 0 Å². The van der Waals surface area contributed by atoms with E-state index in [4.69, 9.17) is 9.47 Å². The van der Waals surface area contributed by atoms with Crippen LogP contribution in [-0.4, -0.2) is 26.0 Å². The lowest BCUT2D eigenvalue weighted by molar-refractivity contribution is -0.133. The molecular formula is C13H23NO2S. The first-order valence-electron chi connectivity index (χ1n) is 6.31. The van der Waals surface area contributed by atoms with Gasteiger partial charge in [0.25, 0.3) is 0 Å². The predicted molar refractivity (Wildman–Crippen MR) is 72.4 cm³/mol. The van der Waals surface area contributed by atoms with Crippen molar-refractivity contribution < 1.29 is 9.47 Å². The molecule has 0 fully saturated rings. The number of ether oxygens (including phenoxy) is 2. The van der Waals surface area contributed by atoms with Crippen LogP contribution in [0.4, 0.5) is 0 Å². The van der Waals surface area contributed by atoms with Crippen LogP contribution in [0.15, 0.2) is 12.1 Å². The van der Waals surface area contributed by atoms with E-state index in [2.05, 4.69) is 24.4 Å². The number of thiophene rings is 1. The van der Waals surface area contributed by atoms with E-state index < -0.39 is 0 Å². The first kappa shape index (κ1) is 14.6. The second-order valence-electron chi connectivity index (χ2n) is 3.69. The summed E-state index contributed by atoms with van der Waals surface area (Å²) in [6.45, 7) is 9.15. The summed E-state index contributed by atoms with van der Waals surface area (Å²) in [6.07, 6.45) is 0.987. The molecule has 4 heteroatoms. The fraction of sp³-hybridized carbons (Fsp3) is 0.692. The number of hydrogen-bond donors (Lipinski definition) is 1. The zero-order valence-corrected chi connectivity index (χ0v) is 11.8. The maximum atomic E-state index is 5.47. The molecule has 0 radical (unpaired) electrons. The zero-order chi connectivity index (χ0) is 12.5. The standard InChI is InChI=1S/C13H23NO2S/c1-4-11-7-8-12(17-11)9-14-10-13(15-5-2)16-6-3/h7-8,13-14H,4-6,9-10H2,1-3H3. The highest BCUT2D eigenvalue weighted by Gasteiger charge is 2.07. The fourth-order valence-corrected chi connectivity index (χ4v) is 2.49. The van der Waals surface area contributed by atoms with Crippen LogP contribution >= 0.6 is 11.3 Å². The smallest absolute Gasteiger partial charge is 0.169 e. The molecule has 1 rings (SSSR count). The fourth-order valence-electron chi connectivity index (χ4n) is 1.56. The first-order chi connectivity index (χ1) is 8.30. The van der Waals surface area contributed by atoms with E-state index in [-0.39, 0.29) is 6.29 Å². The lowest BCUT2D eigenvalue weighted by atomic mass is 10.3. The predicted octanol–water partition coefficient (Wildman–Crippen LogP) is 2.80. The molecule has 0 aromatic carbocycles. The summed E-state index contributed by atoms with van der Waals surface area (Å²) < 4.78 is 10.9. The van der Waals surface area contributed by atoms with E-state index in [9.17, 15) is 0 Å². The minimum atomic E-state index is -0.129. The van der Waals surface area contributed by atoms with Crippen molar-refractivity contribution in [1.29, 1.82) is 0 Å². The van der Waals surface area contributed by atoms with Gasteiger partial charge in [-0.25, -0.2) is 0 Å². The molecule has 1 N–H and O–H groups in total. The molecule has 0 amide bonds. The van der Waals surface area contributed by atoms with E-state index in [1.165, 1.54) is 9.75 Å². The molecule has 1 heterocycles. The molecule has 0 spiro atoms. The largest absolute Gasteiger partial charge is 0.352 e. The summed E-state index contributed by atoms with van der Waals surface area (Å²) in [6, 6.07) is 4.39. The van der Waals surface area contributed by atoms with Gasteiger partial charge < -0.3 is 14.8 Å². The van der Waals surface area contributed by atoms with Gasteiger partial charge >= 0.3 is 0 Å². The summed E-state index contributed by atoms with van der Waals surface area (Å²) in [5.41, 5.74) is 0. The molecule has 0 unspecified atom stereocenters. The van der Waals surface area contributed by atoms with Crippen LogP contribution in [0, 0.1) is 0 Å². The topological polar surface area (TPSA) is 30.5 Å². The van der Waals surface area contributed by atoms with Gasteiger partial charge in [0.2, 0.25) is 0 Å². The third-order valence-electron chi connectivity index (χ3n) is 2.38. The Labute approximate surface area is 108 Å². The average Bonchev–Trinajstić information content (AvgIpc) is 2.77. The number of nitrogens with one attached hydrogen (secondary N) is 1. The average molecular weight is 257 g/mol. The van der Waals surface area contributed by atoms with Crippen molar-refractivity contribution in [2.45, 2.75) is 40.0 Å². The van der Waals surface area contributed by atoms with Crippen LogP contribution in [-0.2, 0) is 22.4 Å². The van der Waals surface area contributed by atoms with Crippen molar-refractivity contribution in [2.75, 3.05) is 19.8 Å². The highest BCUT2D eigenvalue weighted by atomic mass is 32.1. The lowest BCUT2D eigenvalue weighted by Gasteiger charge is -2.17. The third kappa shape index (κ3) is 5.64. The van der Waals surface area contributed by atoms with E-state index >= 15 is 0 Å². The lowest BCUT2D eigenvalue weighted by Crippen LogP contribution is -2.31. The van der Waals surface area contributed by atoms with Crippen molar-refractivity contribution in [3.63, 3.8) is 0 Å². The molecule has 1 aromatic rings. The Kier molecular flexibility index (Phi) is 7.44. The van der Waals surface area contributed by atoms with Gasteiger partial charge in [-0.05, 0) is 32.4 Å². The molecule has 3 nitrogen and oxygen atoms in total.